The van der Waals surface area contributed by atoms with Crippen molar-refractivity contribution in [1.29, 1.82) is 0 Å². The van der Waals surface area contributed by atoms with E-state index in [1.165, 1.54) is 19.1 Å². The highest BCUT2D eigenvalue weighted by atomic mass is 19.1. The zero-order chi connectivity index (χ0) is 19.6. The maximum absolute atomic E-state index is 13.5. The number of Topliss-reactive ketones (excluding diaryl/α,β-unsaturated/α-hetero) is 1. The van der Waals surface area contributed by atoms with Gasteiger partial charge in [-0.25, -0.2) is 9.18 Å². The number of benzene rings is 1. The topological polar surface area (TPSA) is 98.7 Å². The maximum Gasteiger partial charge on any atom is 0.319 e. The van der Waals surface area contributed by atoms with E-state index in [0.717, 1.165) is 25.5 Å². The summed E-state index contributed by atoms with van der Waals surface area (Å²) in [4.78, 5) is 36.5. The molecule has 8 heteroatoms. The van der Waals surface area contributed by atoms with Gasteiger partial charge in [-0.3, -0.25) is 14.5 Å². The number of aliphatic carboxylic acids is 1. The lowest BCUT2D eigenvalue weighted by Gasteiger charge is -2.42. The van der Waals surface area contributed by atoms with Crippen molar-refractivity contribution in [3.05, 3.63) is 29.6 Å². The van der Waals surface area contributed by atoms with Gasteiger partial charge >= 0.3 is 12.0 Å². The van der Waals surface area contributed by atoms with Crippen molar-refractivity contribution < 1.29 is 23.9 Å². The van der Waals surface area contributed by atoms with Crippen LogP contribution in [0.4, 0.5) is 14.9 Å². The van der Waals surface area contributed by atoms with Crippen LogP contribution in [0, 0.1) is 11.7 Å². The van der Waals surface area contributed by atoms with Gasteiger partial charge in [-0.05, 0) is 56.7 Å². The summed E-state index contributed by atoms with van der Waals surface area (Å²) in [5, 5.41) is 14.5. The van der Waals surface area contributed by atoms with Crippen LogP contribution in [0.3, 0.4) is 0 Å². The van der Waals surface area contributed by atoms with Crippen molar-refractivity contribution in [2.45, 2.75) is 44.7 Å². The van der Waals surface area contributed by atoms with Gasteiger partial charge in [-0.1, -0.05) is 0 Å². The number of amides is 2. The third-order valence-corrected chi connectivity index (χ3v) is 5.10. The Balaban J connectivity index is 1.47. The first-order chi connectivity index (χ1) is 12.8. The number of anilines is 1. The largest absolute Gasteiger partial charge is 0.480 e. The van der Waals surface area contributed by atoms with Crippen LogP contribution >= 0.6 is 0 Å². The zero-order valence-electron chi connectivity index (χ0n) is 15.2. The average molecular weight is 377 g/mol. The second kappa shape index (κ2) is 8.04. The summed E-state index contributed by atoms with van der Waals surface area (Å²) in [5.41, 5.74) is 0.275. The number of rotatable bonds is 8. The summed E-state index contributed by atoms with van der Waals surface area (Å²) in [6.07, 6.45) is 3.73. The predicted octanol–water partition coefficient (Wildman–Crippen LogP) is 2.48. The van der Waals surface area contributed by atoms with E-state index in [4.69, 9.17) is 5.11 Å². The molecule has 0 aromatic heterocycles. The molecule has 2 amide bonds. The van der Waals surface area contributed by atoms with E-state index in [2.05, 4.69) is 10.6 Å². The molecule has 2 aliphatic carbocycles. The Kier molecular flexibility index (Phi) is 5.74. The van der Waals surface area contributed by atoms with Gasteiger partial charge in [0.15, 0.2) is 5.78 Å². The van der Waals surface area contributed by atoms with E-state index in [1.807, 2.05) is 4.90 Å². The fourth-order valence-corrected chi connectivity index (χ4v) is 3.38. The smallest absolute Gasteiger partial charge is 0.319 e. The van der Waals surface area contributed by atoms with Gasteiger partial charge < -0.3 is 15.7 Å². The highest BCUT2D eigenvalue weighted by Gasteiger charge is 2.37. The Labute approximate surface area is 156 Å². The third kappa shape index (κ3) is 5.26. The van der Waals surface area contributed by atoms with Crippen LogP contribution in [0.2, 0.25) is 0 Å². The monoisotopic (exact) mass is 377 g/mol. The van der Waals surface area contributed by atoms with Crippen molar-refractivity contribution in [3.8, 4) is 0 Å². The number of hydrogen-bond acceptors (Lipinski definition) is 4. The number of halogens is 1. The second-order valence-corrected chi connectivity index (χ2v) is 7.44. The van der Waals surface area contributed by atoms with Gasteiger partial charge in [0.05, 0.1) is 12.1 Å². The molecule has 0 unspecified atom stereocenters. The maximum atomic E-state index is 13.5. The number of carboxylic acids is 1. The molecule has 1 aromatic rings. The quantitative estimate of drug-likeness (QED) is 0.605. The van der Waals surface area contributed by atoms with Crippen LogP contribution in [0.5, 0.6) is 0 Å². The number of carboxylic acid groups (broad SMARTS) is 1. The number of hydrogen-bond donors (Lipinski definition) is 3. The summed E-state index contributed by atoms with van der Waals surface area (Å²) >= 11 is 0. The van der Waals surface area contributed by atoms with Crippen molar-refractivity contribution in [2.24, 2.45) is 5.92 Å². The van der Waals surface area contributed by atoms with E-state index in [9.17, 15) is 18.8 Å². The van der Waals surface area contributed by atoms with Crippen LogP contribution in [0.1, 0.15) is 43.0 Å². The van der Waals surface area contributed by atoms with Crippen molar-refractivity contribution >= 4 is 23.5 Å². The molecule has 2 fully saturated rings. The molecule has 2 aliphatic rings. The van der Waals surface area contributed by atoms with Crippen LogP contribution in [0.15, 0.2) is 18.2 Å². The van der Waals surface area contributed by atoms with Crippen LogP contribution in [-0.2, 0) is 4.79 Å². The van der Waals surface area contributed by atoms with Gasteiger partial charge in [0.2, 0.25) is 0 Å². The molecule has 0 heterocycles. The lowest BCUT2D eigenvalue weighted by atomic mass is 9.85. The summed E-state index contributed by atoms with van der Waals surface area (Å²) < 4.78 is 13.5. The predicted molar refractivity (Wildman–Crippen MR) is 97.3 cm³/mol. The lowest BCUT2D eigenvalue weighted by Crippen LogP contribution is -2.55. The summed E-state index contributed by atoms with van der Waals surface area (Å²) in [5.74, 6) is -1.26. The zero-order valence-corrected chi connectivity index (χ0v) is 15.2. The Morgan fingerprint density at radius 1 is 1.26 bits per heavy atom. The van der Waals surface area contributed by atoms with Crippen LogP contribution in [-0.4, -0.2) is 53.0 Å². The molecule has 0 spiro atoms. The number of carbonyl (C=O) groups is 3. The minimum absolute atomic E-state index is 0.0294. The van der Waals surface area contributed by atoms with Gasteiger partial charge in [0, 0.05) is 24.3 Å². The number of ketones is 1. The first kappa shape index (κ1) is 19.3. The Morgan fingerprint density at radius 2 is 1.96 bits per heavy atom. The van der Waals surface area contributed by atoms with Crippen molar-refractivity contribution in [2.75, 3.05) is 18.4 Å². The number of nitrogens with one attached hydrogen (secondary N) is 2. The fourth-order valence-electron chi connectivity index (χ4n) is 3.38. The highest BCUT2D eigenvalue weighted by Crippen LogP contribution is 2.33. The normalized spacial score (nSPS) is 21.4. The van der Waals surface area contributed by atoms with Gasteiger partial charge in [0.25, 0.3) is 0 Å². The Morgan fingerprint density at radius 3 is 2.56 bits per heavy atom. The molecule has 1 aromatic carbocycles. The minimum atomic E-state index is -0.831. The summed E-state index contributed by atoms with van der Waals surface area (Å²) in [7, 11) is 0. The molecule has 0 bridgehead atoms. The first-order valence-electron chi connectivity index (χ1n) is 9.15. The van der Waals surface area contributed by atoms with E-state index < -0.39 is 23.6 Å². The number of carbonyl (C=O) groups excluding carboxylic acids is 2. The Bertz CT molecular complexity index is 744. The van der Waals surface area contributed by atoms with Crippen molar-refractivity contribution in [1.82, 2.24) is 10.2 Å². The van der Waals surface area contributed by atoms with E-state index in [-0.39, 0.29) is 24.2 Å². The number of nitrogens with zero attached hydrogens (tertiary/aromatic N) is 1. The molecule has 27 heavy (non-hydrogen) atoms. The molecule has 3 rings (SSSR count). The Hall–Kier alpha value is -2.48. The molecular weight excluding hydrogens is 353 g/mol. The molecule has 0 aliphatic heterocycles. The first-order valence-corrected chi connectivity index (χ1v) is 9.15. The van der Waals surface area contributed by atoms with Crippen LogP contribution in [0.25, 0.3) is 0 Å². The highest BCUT2D eigenvalue weighted by molar-refractivity contribution is 5.97. The lowest BCUT2D eigenvalue weighted by molar-refractivity contribution is -0.139. The molecule has 0 saturated heterocycles. The second-order valence-electron chi connectivity index (χ2n) is 7.44. The SMILES string of the molecule is CC(=O)c1cc(NC(=O)NC2CC(N(CC(=O)O)CC3CC3)C2)ccc1F. The minimum Gasteiger partial charge on any atom is -0.480 e. The number of urea groups is 1. The molecule has 0 radical (unpaired) electrons. The van der Waals surface area contributed by atoms with Crippen molar-refractivity contribution in [3.63, 3.8) is 0 Å². The molecular formula is C19H24FN3O4. The van der Waals surface area contributed by atoms with E-state index in [0.29, 0.717) is 24.4 Å². The molecule has 7 nitrogen and oxygen atoms in total. The summed E-state index contributed by atoms with van der Waals surface area (Å²) in [6.45, 7) is 2.10. The third-order valence-electron chi connectivity index (χ3n) is 5.10. The molecule has 146 valence electrons. The van der Waals surface area contributed by atoms with Gasteiger partial charge in [-0.2, -0.15) is 0 Å². The molecule has 0 atom stereocenters. The average Bonchev–Trinajstić information content (AvgIpc) is 3.35. The van der Waals surface area contributed by atoms with E-state index in [1.54, 1.807) is 0 Å². The van der Waals surface area contributed by atoms with Gasteiger partial charge in [0.1, 0.15) is 5.82 Å². The molecule has 3 N–H and O–H groups in total. The van der Waals surface area contributed by atoms with Crippen LogP contribution < -0.4 is 10.6 Å². The molecule has 2 saturated carbocycles. The van der Waals surface area contributed by atoms with E-state index >= 15 is 0 Å². The standard InChI is InChI=1S/C19H24FN3O4/c1-11(24)16-8-13(4-5-17(16)20)21-19(27)22-14-6-15(7-14)23(10-18(25)26)9-12-2-3-12/h4-5,8,12,14-15H,2-3,6-7,9-10H2,1H3,(H,25,26)(H2,21,22,27). The summed E-state index contributed by atoms with van der Waals surface area (Å²) in [6, 6.07) is 3.57. The van der Waals surface area contributed by atoms with Gasteiger partial charge in [-0.15, -0.1) is 0 Å². The fraction of sp³-hybridized carbons (Fsp3) is 0.526.